The summed E-state index contributed by atoms with van der Waals surface area (Å²) in [7, 11) is 0. The molecule has 1 aliphatic heterocycles. The van der Waals surface area contributed by atoms with Gasteiger partial charge in [0.05, 0.1) is 12.8 Å². The van der Waals surface area contributed by atoms with Gasteiger partial charge in [0.25, 0.3) is 0 Å². The third-order valence-electron chi connectivity index (χ3n) is 5.61. The molecule has 3 aromatic rings. The zero-order valence-corrected chi connectivity index (χ0v) is 25.1. The highest BCUT2D eigenvalue weighted by Crippen LogP contribution is 2.33. The van der Waals surface area contributed by atoms with Gasteiger partial charge < -0.3 is 24.1 Å². The predicted molar refractivity (Wildman–Crippen MR) is 152 cm³/mol. The fraction of sp³-hybridized carbons (Fsp3) is 0.464. The van der Waals surface area contributed by atoms with E-state index in [-0.39, 0.29) is 17.3 Å². The van der Waals surface area contributed by atoms with Crippen LogP contribution in [0.25, 0.3) is 22.7 Å². The van der Waals surface area contributed by atoms with Crippen LogP contribution in [0.2, 0.25) is 0 Å². The van der Waals surface area contributed by atoms with Crippen molar-refractivity contribution in [3.05, 3.63) is 46.7 Å². The van der Waals surface area contributed by atoms with E-state index in [1.165, 1.54) is 6.20 Å². The predicted octanol–water partition coefficient (Wildman–Crippen LogP) is 6.12. The summed E-state index contributed by atoms with van der Waals surface area (Å²) in [6.07, 6.45) is 0.447. The van der Waals surface area contributed by atoms with E-state index in [0.29, 0.717) is 21.2 Å². The fourth-order valence-electron chi connectivity index (χ4n) is 3.83. The molecule has 0 saturated carbocycles. The van der Waals surface area contributed by atoms with Crippen LogP contribution in [0, 0.1) is 0 Å². The van der Waals surface area contributed by atoms with Gasteiger partial charge in [0, 0.05) is 30.8 Å². The monoisotopic (exact) mass is 615 g/mol. The van der Waals surface area contributed by atoms with Gasteiger partial charge in [-0.05, 0) is 69.5 Å². The zero-order valence-electron chi connectivity index (χ0n) is 23.5. The van der Waals surface area contributed by atoms with Gasteiger partial charge in [0.1, 0.15) is 21.5 Å². The smallest absolute Gasteiger partial charge is 0.425 e. The summed E-state index contributed by atoms with van der Waals surface area (Å²) in [4.78, 5) is 35.9. The lowest BCUT2D eigenvalue weighted by atomic mass is 10.1. The average Bonchev–Trinajstić information content (AvgIpc) is 3.54. The van der Waals surface area contributed by atoms with Gasteiger partial charge in [0.2, 0.25) is 0 Å². The molecule has 0 radical (unpaired) electrons. The first-order valence-corrected chi connectivity index (χ1v) is 13.7. The first-order valence-electron chi connectivity index (χ1n) is 13.0. The quantitative estimate of drug-likeness (QED) is 0.346. The highest BCUT2D eigenvalue weighted by atomic mass is 79.9. The van der Waals surface area contributed by atoms with Crippen molar-refractivity contribution < 1.29 is 28.3 Å². The molecule has 1 atom stereocenters. The van der Waals surface area contributed by atoms with Crippen LogP contribution in [0.15, 0.2) is 45.7 Å². The van der Waals surface area contributed by atoms with Crippen molar-refractivity contribution in [1.29, 1.82) is 0 Å². The third kappa shape index (κ3) is 7.86. The third-order valence-corrected chi connectivity index (χ3v) is 5.99. The SMILES string of the molecule is CC(C)(C)OC(=O)N(C(=O)OC(C)(C)C)c1ncc(Br)nc1-c1cc(-c2ccc(CNC3CCOC3)cc2)no1. The minimum Gasteiger partial charge on any atom is -0.443 e. The van der Waals surface area contributed by atoms with E-state index in [4.69, 9.17) is 18.7 Å². The van der Waals surface area contributed by atoms with E-state index in [2.05, 4.69) is 36.4 Å². The van der Waals surface area contributed by atoms with Gasteiger partial charge >= 0.3 is 12.2 Å². The van der Waals surface area contributed by atoms with E-state index in [9.17, 15) is 9.59 Å². The summed E-state index contributed by atoms with van der Waals surface area (Å²) in [5.74, 6) is 0.0783. The zero-order chi connectivity index (χ0) is 29.1. The number of hydrogen-bond acceptors (Lipinski definition) is 10. The second kappa shape index (κ2) is 12.0. The van der Waals surface area contributed by atoms with Crippen LogP contribution >= 0.6 is 15.9 Å². The van der Waals surface area contributed by atoms with Crippen molar-refractivity contribution in [2.45, 2.75) is 71.8 Å². The van der Waals surface area contributed by atoms with E-state index in [1.807, 2.05) is 24.3 Å². The van der Waals surface area contributed by atoms with E-state index in [0.717, 1.165) is 37.3 Å². The Morgan fingerprint density at radius 3 is 2.30 bits per heavy atom. The molecular formula is C28H34BrN5O6. The molecule has 1 unspecified atom stereocenters. The van der Waals surface area contributed by atoms with Gasteiger partial charge in [0.15, 0.2) is 17.3 Å². The van der Waals surface area contributed by atoms with Gasteiger partial charge in [-0.25, -0.2) is 19.6 Å². The van der Waals surface area contributed by atoms with Gasteiger partial charge in [-0.1, -0.05) is 29.4 Å². The Bertz CT molecular complexity index is 1310. The Morgan fingerprint density at radius 2 is 1.73 bits per heavy atom. The molecule has 4 rings (SSSR count). The van der Waals surface area contributed by atoms with Crippen molar-refractivity contribution in [3.63, 3.8) is 0 Å². The van der Waals surface area contributed by atoms with Crippen LogP contribution in [0.3, 0.4) is 0 Å². The van der Waals surface area contributed by atoms with Crippen molar-refractivity contribution in [1.82, 2.24) is 20.4 Å². The summed E-state index contributed by atoms with van der Waals surface area (Å²) in [5.41, 5.74) is 0.837. The number of ether oxygens (including phenoxy) is 3. The Kier molecular flexibility index (Phi) is 8.91. The van der Waals surface area contributed by atoms with E-state index >= 15 is 0 Å². The summed E-state index contributed by atoms with van der Waals surface area (Å²) < 4.78 is 22.4. The number of nitrogens with zero attached hydrogens (tertiary/aromatic N) is 4. The normalized spacial score (nSPS) is 15.6. The van der Waals surface area contributed by atoms with E-state index in [1.54, 1.807) is 47.6 Å². The molecule has 1 saturated heterocycles. The summed E-state index contributed by atoms with van der Waals surface area (Å²) >= 11 is 3.31. The minimum atomic E-state index is -0.965. The molecule has 1 aromatic carbocycles. The Balaban J connectivity index is 1.63. The molecule has 3 heterocycles. The lowest BCUT2D eigenvalue weighted by Gasteiger charge is -2.28. The van der Waals surface area contributed by atoms with Gasteiger partial charge in [-0.15, -0.1) is 0 Å². The maximum atomic E-state index is 13.2. The number of hydrogen-bond donors (Lipinski definition) is 1. The Hall–Kier alpha value is -3.35. The van der Waals surface area contributed by atoms with Crippen LogP contribution < -0.4 is 10.2 Å². The lowest BCUT2D eigenvalue weighted by Crippen LogP contribution is -2.44. The minimum absolute atomic E-state index is 0.101. The number of aromatic nitrogens is 3. The first kappa shape index (κ1) is 29.6. The molecule has 12 heteroatoms. The molecule has 1 fully saturated rings. The molecule has 0 aliphatic carbocycles. The highest BCUT2D eigenvalue weighted by molar-refractivity contribution is 9.10. The number of imide groups is 1. The van der Waals surface area contributed by atoms with Crippen molar-refractivity contribution >= 4 is 33.9 Å². The summed E-state index contributed by atoms with van der Waals surface area (Å²) in [6.45, 7) is 12.4. The molecule has 0 spiro atoms. The number of nitrogens with one attached hydrogen (secondary N) is 1. The summed E-state index contributed by atoms with van der Waals surface area (Å²) in [5, 5.41) is 7.69. The molecular weight excluding hydrogens is 582 g/mol. The van der Waals surface area contributed by atoms with Crippen LogP contribution in [-0.4, -0.2) is 57.8 Å². The molecule has 40 heavy (non-hydrogen) atoms. The summed E-state index contributed by atoms with van der Waals surface area (Å²) in [6, 6.07) is 9.98. The molecule has 1 N–H and O–H groups in total. The first-order chi connectivity index (χ1) is 18.8. The van der Waals surface area contributed by atoms with Crippen LogP contribution in [-0.2, 0) is 20.8 Å². The lowest BCUT2D eigenvalue weighted by molar-refractivity contribution is 0.0429. The molecule has 11 nitrogen and oxygen atoms in total. The number of rotatable bonds is 6. The molecule has 1 aliphatic rings. The number of amides is 2. The average molecular weight is 617 g/mol. The Morgan fingerprint density at radius 1 is 1.07 bits per heavy atom. The van der Waals surface area contributed by atoms with Crippen molar-refractivity contribution in [3.8, 4) is 22.7 Å². The van der Waals surface area contributed by atoms with Gasteiger partial charge in [-0.3, -0.25) is 0 Å². The largest absolute Gasteiger partial charge is 0.443 e. The van der Waals surface area contributed by atoms with Crippen molar-refractivity contribution in [2.75, 3.05) is 18.1 Å². The second-order valence-electron chi connectivity index (χ2n) is 11.4. The highest BCUT2D eigenvalue weighted by Gasteiger charge is 2.36. The van der Waals surface area contributed by atoms with Gasteiger partial charge in [-0.2, -0.15) is 4.90 Å². The van der Waals surface area contributed by atoms with E-state index < -0.39 is 23.4 Å². The topological polar surface area (TPSA) is 129 Å². The number of carbonyl (C=O) groups is 2. The Labute approximate surface area is 241 Å². The fourth-order valence-corrected chi connectivity index (χ4v) is 4.11. The number of anilines is 1. The van der Waals surface area contributed by atoms with Crippen LogP contribution in [0.1, 0.15) is 53.5 Å². The number of carbonyl (C=O) groups excluding carboxylic acids is 2. The molecule has 0 bridgehead atoms. The standard InChI is InChI=1S/C28H34BrN5O6/c1-27(2,3)38-25(35)34(26(36)39-28(4,5)6)24-23(32-22(29)15-31-24)21-13-20(33-40-21)18-9-7-17(8-10-18)14-30-19-11-12-37-16-19/h7-10,13,15,19,30H,11-12,14,16H2,1-6H3. The molecule has 214 valence electrons. The number of benzene rings is 1. The van der Waals surface area contributed by atoms with Crippen molar-refractivity contribution in [2.24, 2.45) is 0 Å². The number of halogens is 1. The van der Waals surface area contributed by atoms with Crippen LogP contribution in [0.5, 0.6) is 0 Å². The van der Waals surface area contributed by atoms with Crippen LogP contribution in [0.4, 0.5) is 15.4 Å². The maximum Gasteiger partial charge on any atom is 0.425 e. The molecule has 2 aromatic heterocycles. The molecule has 2 amide bonds. The second-order valence-corrected chi connectivity index (χ2v) is 12.2. The maximum absolute atomic E-state index is 13.2.